The van der Waals surface area contributed by atoms with Crippen LogP contribution < -0.4 is 15.8 Å². The SMILES string of the molecule is COc1ccc(C2C(N)C(c3ccccc3)Nc3ncnn32)cc1. The van der Waals surface area contributed by atoms with Crippen LogP contribution in [-0.2, 0) is 0 Å². The fourth-order valence-electron chi connectivity index (χ4n) is 3.27. The Labute approximate surface area is 140 Å². The number of methoxy groups -OCH3 is 1. The van der Waals surface area contributed by atoms with Gasteiger partial charge in [0.15, 0.2) is 0 Å². The molecule has 24 heavy (non-hydrogen) atoms. The Kier molecular flexibility index (Phi) is 3.66. The molecule has 1 aliphatic heterocycles. The van der Waals surface area contributed by atoms with Gasteiger partial charge in [0.05, 0.1) is 25.2 Å². The van der Waals surface area contributed by atoms with E-state index in [4.69, 9.17) is 10.5 Å². The zero-order valence-corrected chi connectivity index (χ0v) is 13.3. The van der Waals surface area contributed by atoms with Crippen molar-refractivity contribution in [2.24, 2.45) is 5.73 Å². The lowest BCUT2D eigenvalue weighted by molar-refractivity contribution is 0.370. The summed E-state index contributed by atoms with van der Waals surface area (Å²) in [4.78, 5) is 4.34. The zero-order valence-electron chi connectivity index (χ0n) is 13.3. The van der Waals surface area contributed by atoms with E-state index in [1.54, 1.807) is 13.4 Å². The number of ether oxygens (including phenoxy) is 1. The van der Waals surface area contributed by atoms with Crippen LogP contribution in [0.15, 0.2) is 60.9 Å². The molecule has 0 bridgehead atoms. The van der Waals surface area contributed by atoms with E-state index < -0.39 is 0 Å². The van der Waals surface area contributed by atoms with Crippen molar-refractivity contribution in [2.45, 2.75) is 18.1 Å². The summed E-state index contributed by atoms with van der Waals surface area (Å²) in [6.45, 7) is 0. The second-order valence-electron chi connectivity index (χ2n) is 5.86. The van der Waals surface area contributed by atoms with Gasteiger partial charge in [0.25, 0.3) is 0 Å². The Morgan fingerprint density at radius 1 is 1.04 bits per heavy atom. The second-order valence-corrected chi connectivity index (χ2v) is 5.86. The van der Waals surface area contributed by atoms with Crippen molar-refractivity contribution >= 4 is 5.95 Å². The molecule has 122 valence electrons. The van der Waals surface area contributed by atoms with Crippen molar-refractivity contribution in [1.82, 2.24) is 14.8 Å². The lowest BCUT2D eigenvalue weighted by Crippen LogP contribution is -2.46. The summed E-state index contributed by atoms with van der Waals surface area (Å²) in [5.74, 6) is 1.55. The van der Waals surface area contributed by atoms with E-state index in [9.17, 15) is 0 Å². The predicted octanol–water partition coefficient (Wildman–Crippen LogP) is 2.37. The van der Waals surface area contributed by atoms with Gasteiger partial charge in [-0.25, -0.2) is 4.68 Å². The van der Waals surface area contributed by atoms with Gasteiger partial charge in [0.2, 0.25) is 5.95 Å². The van der Waals surface area contributed by atoms with Crippen LogP contribution in [0.1, 0.15) is 23.2 Å². The highest BCUT2D eigenvalue weighted by molar-refractivity contribution is 5.41. The van der Waals surface area contributed by atoms with Crippen LogP contribution in [0, 0.1) is 0 Å². The topological polar surface area (TPSA) is 78.0 Å². The van der Waals surface area contributed by atoms with E-state index in [-0.39, 0.29) is 18.1 Å². The quantitative estimate of drug-likeness (QED) is 0.774. The van der Waals surface area contributed by atoms with Crippen molar-refractivity contribution in [3.63, 3.8) is 0 Å². The van der Waals surface area contributed by atoms with Gasteiger partial charge in [-0.3, -0.25) is 0 Å². The second kappa shape index (κ2) is 5.98. The maximum absolute atomic E-state index is 6.65. The molecule has 0 fully saturated rings. The van der Waals surface area contributed by atoms with Gasteiger partial charge in [0.1, 0.15) is 12.1 Å². The van der Waals surface area contributed by atoms with Gasteiger partial charge in [-0.15, -0.1) is 0 Å². The molecule has 0 saturated heterocycles. The molecular weight excluding hydrogens is 302 g/mol. The lowest BCUT2D eigenvalue weighted by Gasteiger charge is -2.37. The Bertz CT molecular complexity index is 815. The number of nitrogens with one attached hydrogen (secondary N) is 1. The molecule has 4 rings (SSSR count). The van der Waals surface area contributed by atoms with E-state index in [2.05, 4.69) is 27.5 Å². The molecule has 3 N–H and O–H groups in total. The van der Waals surface area contributed by atoms with Crippen molar-refractivity contribution in [3.8, 4) is 5.75 Å². The highest BCUT2D eigenvalue weighted by atomic mass is 16.5. The van der Waals surface area contributed by atoms with Gasteiger partial charge in [0, 0.05) is 0 Å². The molecule has 2 aromatic carbocycles. The van der Waals surface area contributed by atoms with Crippen molar-refractivity contribution < 1.29 is 4.74 Å². The molecule has 1 aromatic heterocycles. The molecule has 2 heterocycles. The minimum Gasteiger partial charge on any atom is -0.497 e. The average Bonchev–Trinajstić information content (AvgIpc) is 3.10. The first-order valence-corrected chi connectivity index (χ1v) is 7.88. The molecule has 1 aliphatic rings. The van der Waals surface area contributed by atoms with E-state index >= 15 is 0 Å². The molecule has 3 atom stereocenters. The normalized spacial score (nSPS) is 22.5. The zero-order chi connectivity index (χ0) is 16.5. The number of rotatable bonds is 3. The number of fused-ring (bicyclic) bond motifs is 1. The Hall–Kier alpha value is -2.86. The summed E-state index contributed by atoms with van der Waals surface area (Å²) < 4.78 is 7.10. The standard InChI is InChI=1S/C18H19N5O/c1-24-14-9-7-13(8-10-14)17-15(19)16(12-5-3-2-4-6-12)22-18-20-11-21-23(17)18/h2-11,15-17H,19H2,1H3,(H,20,21,22). The van der Waals surface area contributed by atoms with Gasteiger partial charge in [-0.1, -0.05) is 42.5 Å². The lowest BCUT2D eigenvalue weighted by atomic mass is 9.89. The summed E-state index contributed by atoms with van der Waals surface area (Å²) in [6, 6.07) is 17.8. The molecule has 3 aromatic rings. The van der Waals surface area contributed by atoms with E-state index in [0.29, 0.717) is 0 Å². The van der Waals surface area contributed by atoms with Crippen LogP contribution in [0.5, 0.6) is 5.75 Å². The third-order valence-corrected chi connectivity index (χ3v) is 4.49. The van der Waals surface area contributed by atoms with E-state index in [1.165, 1.54) is 0 Å². The van der Waals surface area contributed by atoms with E-state index in [1.807, 2.05) is 47.1 Å². The number of benzene rings is 2. The molecule has 0 amide bonds. The number of nitrogens with zero attached hydrogens (tertiary/aromatic N) is 3. The summed E-state index contributed by atoms with van der Waals surface area (Å²) in [7, 11) is 1.66. The average molecular weight is 321 g/mol. The number of nitrogens with two attached hydrogens (primary N) is 1. The van der Waals surface area contributed by atoms with Crippen LogP contribution in [0.3, 0.4) is 0 Å². The van der Waals surface area contributed by atoms with Gasteiger partial charge in [-0.05, 0) is 23.3 Å². The minimum atomic E-state index is -0.185. The number of aromatic nitrogens is 3. The monoisotopic (exact) mass is 321 g/mol. The molecule has 6 heteroatoms. The maximum Gasteiger partial charge on any atom is 0.222 e. The van der Waals surface area contributed by atoms with Crippen LogP contribution in [0.2, 0.25) is 0 Å². The van der Waals surface area contributed by atoms with Crippen LogP contribution >= 0.6 is 0 Å². The molecule has 0 saturated carbocycles. The molecule has 3 unspecified atom stereocenters. The highest BCUT2D eigenvalue weighted by Gasteiger charge is 2.37. The molecule has 0 radical (unpaired) electrons. The Morgan fingerprint density at radius 2 is 1.79 bits per heavy atom. The molecule has 0 aliphatic carbocycles. The third kappa shape index (κ3) is 2.41. The van der Waals surface area contributed by atoms with Crippen LogP contribution in [0.25, 0.3) is 0 Å². The van der Waals surface area contributed by atoms with Crippen LogP contribution in [0.4, 0.5) is 5.95 Å². The Morgan fingerprint density at radius 3 is 2.50 bits per heavy atom. The number of hydrogen-bond donors (Lipinski definition) is 2. The first-order valence-electron chi connectivity index (χ1n) is 7.88. The maximum atomic E-state index is 6.65. The fraction of sp³-hybridized carbons (Fsp3) is 0.222. The first kappa shape index (κ1) is 14.7. The highest BCUT2D eigenvalue weighted by Crippen LogP contribution is 2.36. The van der Waals surface area contributed by atoms with E-state index in [0.717, 1.165) is 22.8 Å². The summed E-state index contributed by atoms with van der Waals surface area (Å²) in [5.41, 5.74) is 8.87. The van der Waals surface area contributed by atoms with Crippen LogP contribution in [-0.4, -0.2) is 27.9 Å². The summed E-state index contributed by atoms with van der Waals surface area (Å²) >= 11 is 0. The minimum absolute atomic E-state index is 0.0324. The number of hydrogen-bond acceptors (Lipinski definition) is 5. The van der Waals surface area contributed by atoms with Gasteiger partial charge in [-0.2, -0.15) is 10.1 Å². The Balaban J connectivity index is 1.77. The largest absolute Gasteiger partial charge is 0.497 e. The fourth-order valence-corrected chi connectivity index (χ4v) is 3.27. The predicted molar refractivity (Wildman–Crippen MR) is 91.9 cm³/mol. The van der Waals surface area contributed by atoms with Crippen molar-refractivity contribution in [2.75, 3.05) is 12.4 Å². The molecular formula is C18H19N5O. The van der Waals surface area contributed by atoms with Gasteiger partial charge >= 0.3 is 0 Å². The van der Waals surface area contributed by atoms with Crippen molar-refractivity contribution in [3.05, 3.63) is 72.1 Å². The molecule has 0 spiro atoms. The summed E-state index contributed by atoms with van der Waals surface area (Å²) in [5, 5.41) is 7.77. The smallest absolute Gasteiger partial charge is 0.222 e. The summed E-state index contributed by atoms with van der Waals surface area (Å²) in [6.07, 6.45) is 1.55. The third-order valence-electron chi connectivity index (χ3n) is 4.49. The number of anilines is 1. The molecule has 6 nitrogen and oxygen atoms in total. The van der Waals surface area contributed by atoms with Gasteiger partial charge < -0.3 is 15.8 Å². The van der Waals surface area contributed by atoms with Crippen molar-refractivity contribution in [1.29, 1.82) is 0 Å². The first-order chi connectivity index (χ1) is 11.8.